The molecule has 130 valence electrons. The van der Waals surface area contributed by atoms with Crippen molar-refractivity contribution < 1.29 is 8.82 Å². The molecular weight excluding hydrogens is 371 g/mol. The minimum Gasteiger partial charge on any atom is -0.412 e. The number of hydrogen-bond donors (Lipinski definition) is 0. The van der Waals surface area contributed by atoms with Gasteiger partial charge in [0.15, 0.2) is 0 Å². The van der Waals surface area contributed by atoms with Crippen molar-refractivity contribution in [3.8, 4) is 0 Å². The average molecular weight is 401 g/mol. The summed E-state index contributed by atoms with van der Waals surface area (Å²) in [6.45, 7) is 16.3. The molecule has 0 atom stereocenters. The van der Waals surface area contributed by atoms with Gasteiger partial charge in [-0.05, 0) is 41.3 Å². The van der Waals surface area contributed by atoms with E-state index in [9.17, 15) is 4.39 Å². The Morgan fingerprint density at radius 1 is 1.13 bits per heavy atom. The Kier molecular flexibility index (Phi) is 7.69. The number of benzene rings is 1. The maximum atomic E-state index is 14.0. The highest BCUT2D eigenvalue weighted by molar-refractivity contribution is 9.10. The van der Waals surface area contributed by atoms with E-state index in [1.54, 1.807) is 6.07 Å². The highest BCUT2D eigenvalue weighted by Crippen LogP contribution is 2.42. The van der Waals surface area contributed by atoms with E-state index < -0.39 is 8.32 Å². The molecule has 23 heavy (non-hydrogen) atoms. The van der Waals surface area contributed by atoms with Crippen LogP contribution in [0.1, 0.15) is 54.0 Å². The van der Waals surface area contributed by atoms with Crippen LogP contribution in [0.4, 0.5) is 4.39 Å². The molecule has 0 unspecified atom stereocenters. The van der Waals surface area contributed by atoms with Gasteiger partial charge in [0.1, 0.15) is 5.82 Å². The van der Waals surface area contributed by atoms with Crippen molar-refractivity contribution in [2.24, 2.45) is 0 Å². The fourth-order valence-electron chi connectivity index (χ4n) is 3.66. The molecule has 0 amide bonds. The van der Waals surface area contributed by atoms with E-state index in [2.05, 4.69) is 57.5 Å². The molecule has 1 nitrogen and oxygen atoms in total. The van der Waals surface area contributed by atoms with Gasteiger partial charge in [-0.15, -0.1) is 0 Å². The normalized spacial score (nSPS) is 13.5. The summed E-state index contributed by atoms with van der Waals surface area (Å²) in [5.74, 6) is -0.209. The van der Waals surface area contributed by atoms with Crippen molar-refractivity contribution in [2.75, 3.05) is 6.61 Å². The van der Waals surface area contributed by atoms with Gasteiger partial charge in [-0.1, -0.05) is 69.6 Å². The number of rotatable bonds is 7. The zero-order valence-electron chi connectivity index (χ0n) is 15.4. The van der Waals surface area contributed by atoms with Gasteiger partial charge in [-0.2, -0.15) is 0 Å². The molecule has 0 radical (unpaired) electrons. The molecule has 0 aromatic heterocycles. The lowest BCUT2D eigenvalue weighted by Gasteiger charge is -2.42. The van der Waals surface area contributed by atoms with Crippen LogP contribution >= 0.6 is 15.9 Å². The first-order valence-corrected chi connectivity index (χ1v) is 11.3. The molecule has 0 spiro atoms. The highest BCUT2D eigenvalue weighted by atomic mass is 79.9. The minimum absolute atomic E-state index is 0.209. The van der Waals surface area contributed by atoms with E-state index >= 15 is 0 Å². The standard InChI is InChI=1S/C19H30BrFOSi/c1-13(2)23(14(3)4,15(5)6)22-12-16(7)10-17-8-9-18(20)11-19(17)21/h8-11,13-15H,12H2,1-7H3/b16-10+. The molecule has 1 rings (SSSR count). The molecule has 0 aliphatic rings. The topological polar surface area (TPSA) is 9.23 Å². The number of halogens is 2. The third-order valence-electron chi connectivity index (χ3n) is 4.62. The Hall–Kier alpha value is -0.453. The lowest BCUT2D eigenvalue weighted by molar-refractivity contribution is 0.308. The zero-order valence-corrected chi connectivity index (χ0v) is 18.0. The van der Waals surface area contributed by atoms with Crippen LogP contribution in [0.3, 0.4) is 0 Å². The Bertz CT molecular complexity index is 531. The first kappa shape index (κ1) is 20.6. The van der Waals surface area contributed by atoms with Gasteiger partial charge in [-0.3, -0.25) is 0 Å². The molecule has 0 saturated carbocycles. The Labute approximate surface area is 150 Å². The van der Waals surface area contributed by atoms with E-state index in [4.69, 9.17) is 4.43 Å². The van der Waals surface area contributed by atoms with E-state index in [-0.39, 0.29) is 5.82 Å². The van der Waals surface area contributed by atoms with Crippen molar-refractivity contribution in [2.45, 2.75) is 65.1 Å². The second-order valence-electron chi connectivity index (χ2n) is 7.26. The monoisotopic (exact) mass is 400 g/mol. The SMILES string of the molecule is C/C(=C\c1ccc(Br)cc1F)CO[Si](C(C)C)(C(C)C)C(C)C. The van der Waals surface area contributed by atoms with Gasteiger partial charge in [0.2, 0.25) is 8.32 Å². The van der Waals surface area contributed by atoms with Gasteiger partial charge in [0, 0.05) is 10.0 Å². The smallest absolute Gasteiger partial charge is 0.200 e. The summed E-state index contributed by atoms with van der Waals surface area (Å²) in [4.78, 5) is 0. The van der Waals surface area contributed by atoms with Crippen LogP contribution in [0.2, 0.25) is 16.6 Å². The van der Waals surface area contributed by atoms with Crippen LogP contribution in [0.5, 0.6) is 0 Å². The van der Waals surface area contributed by atoms with Crippen LogP contribution in [-0.4, -0.2) is 14.9 Å². The second kappa shape index (κ2) is 8.59. The molecule has 0 aliphatic carbocycles. The molecule has 1 aromatic carbocycles. The van der Waals surface area contributed by atoms with Gasteiger partial charge in [0.05, 0.1) is 6.61 Å². The quantitative estimate of drug-likeness (QED) is 0.440. The van der Waals surface area contributed by atoms with Crippen molar-refractivity contribution in [3.63, 3.8) is 0 Å². The summed E-state index contributed by atoms with van der Waals surface area (Å²) in [7, 11) is -1.87. The van der Waals surface area contributed by atoms with Crippen LogP contribution in [0.15, 0.2) is 28.2 Å². The lowest BCUT2D eigenvalue weighted by Crippen LogP contribution is -2.48. The lowest BCUT2D eigenvalue weighted by atomic mass is 10.1. The van der Waals surface area contributed by atoms with Crippen LogP contribution in [0.25, 0.3) is 6.08 Å². The Morgan fingerprint density at radius 3 is 2.09 bits per heavy atom. The van der Waals surface area contributed by atoms with Crippen molar-refractivity contribution in [1.82, 2.24) is 0 Å². The summed E-state index contributed by atoms with van der Waals surface area (Å²) < 4.78 is 21.3. The highest BCUT2D eigenvalue weighted by Gasteiger charge is 2.44. The Balaban J connectivity index is 2.95. The summed E-state index contributed by atoms with van der Waals surface area (Å²) >= 11 is 3.29. The predicted molar refractivity (Wildman–Crippen MR) is 105 cm³/mol. The largest absolute Gasteiger partial charge is 0.412 e. The van der Waals surface area contributed by atoms with Crippen molar-refractivity contribution in [3.05, 3.63) is 39.6 Å². The van der Waals surface area contributed by atoms with Crippen molar-refractivity contribution in [1.29, 1.82) is 0 Å². The molecule has 1 aromatic rings. The predicted octanol–water partition coefficient (Wildman–Crippen LogP) is 7.18. The van der Waals surface area contributed by atoms with Crippen LogP contribution in [0, 0.1) is 5.82 Å². The molecule has 4 heteroatoms. The summed E-state index contributed by atoms with van der Waals surface area (Å²) in [5, 5.41) is 0. The Morgan fingerprint density at radius 2 is 1.65 bits per heavy atom. The summed E-state index contributed by atoms with van der Waals surface area (Å²) in [6.07, 6.45) is 1.89. The molecule has 0 fully saturated rings. The maximum absolute atomic E-state index is 14.0. The van der Waals surface area contributed by atoms with Gasteiger partial charge < -0.3 is 4.43 Å². The van der Waals surface area contributed by atoms with Crippen LogP contribution in [-0.2, 0) is 4.43 Å². The van der Waals surface area contributed by atoms with E-state index in [1.807, 2.05) is 19.1 Å². The fraction of sp³-hybridized carbons (Fsp3) is 0.579. The third-order valence-corrected chi connectivity index (χ3v) is 11.2. The molecule has 0 N–H and O–H groups in total. The van der Waals surface area contributed by atoms with E-state index in [0.717, 1.165) is 10.0 Å². The van der Waals surface area contributed by atoms with Crippen LogP contribution < -0.4 is 0 Å². The molecular formula is C19H30BrFOSi. The van der Waals surface area contributed by atoms with Crippen molar-refractivity contribution >= 4 is 30.3 Å². The number of hydrogen-bond acceptors (Lipinski definition) is 1. The molecule has 0 saturated heterocycles. The minimum atomic E-state index is -1.87. The molecule has 0 aliphatic heterocycles. The second-order valence-corrected chi connectivity index (χ2v) is 13.6. The van der Waals surface area contributed by atoms with E-state index in [1.165, 1.54) is 6.07 Å². The third kappa shape index (κ3) is 5.01. The van der Waals surface area contributed by atoms with Gasteiger partial charge in [-0.25, -0.2) is 4.39 Å². The first-order valence-electron chi connectivity index (χ1n) is 8.37. The van der Waals surface area contributed by atoms with Gasteiger partial charge in [0.25, 0.3) is 0 Å². The summed E-state index contributed by atoms with van der Waals surface area (Å²) in [5.41, 5.74) is 3.34. The molecule has 0 heterocycles. The summed E-state index contributed by atoms with van der Waals surface area (Å²) in [6, 6.07) is 5.15. The molecule has 0 bridgehead atoms. The maximum Gasteiger partial charge on any atom is 0.200 e. The van der Waals surface area contributed by atoms with E-state index in [0.29, 0.717) is 28.8 Å². The zero-order chi connectivity index (χ0) is 17.8. The average Bonchev–Trinajstić information content (AvgIpc) is 2.41. The van der Waals surface area contributed by atoms with Gasteiger partial charge >= 0.3 is 0 Å². The first-order chi connectivity index (χ1) is 10.6. The fourth-order valence-corrected chi connectivity index (χ4v) is 9.48.